The third-order valence-corrected chi connectivity index (χ3v) is 6.67. The van der Waals surface area contributed by atoms with Crippen molar-refractivity contribution in [1.29, 1.82) is 0 Å². The molecule has 2 heterocycles. The normalized spacial score (nSPS) is 14.0. The Morgan fingerprint density at radius 2 is 1.71 bits per heavy atom. The van der Waals surface area contributed by atoms with Gasteiger partial charge >= 0.3 is 5.97 Å². The molecule has 1 fully saturated rings. The summed E-state index contributed by atoms with van der Waals surface area (Å²) in [6, 6.07) is 15.6. The Kier molecular flexibility index (Phi) is 6.72. The van der Waals surface area contributed by atoms with E-state index >= 15 is 0 Å². The zero-order valence-electron chi connectivity index (χ0n) is 19.7. The molecule has 5 rings (SSSR count). The predicted molar refractivity (Wildman–Crippen MR) is 136 cm³/mol. The van der Waals surface area contributed by atoms with Crippen molar-refractivity contribution in [2.24, 2.45) is 5.73 Å². The van der Waals surface area contributed by atoms with Gasteiger partial charge in [-0.25, -0.2) is 19.7 Å². The molecule has 1 saturated carbocycles. The van der Waals surface area contributed by atoms with Crippen LogP contribution in [0.5, 0.6) is 0 Å². The number of nitrogens with zero attached hydrogens (tertiary/aromatic N) is 4. The minimum atomic E-state index is -0.920. The standard InChI is InChI=1S/C27H30N6O2/c28-15-3-6-23-31-25(24-26(32-23)33(17-30-24)22-4-1-2-5-22)29-16-18-7-9-19(10-8-18)20-11-13-21(14-12-20)27(34)35/h7-14,17,22H,1-6,15-16,28H2,(H,34,35)(H,29,31,32). The van der Waals surface area contributed by atoms with E-state index < -0.39 is 5.97 Å². The number of carbonyl (C=O) groups is 1. The maximum absolute atomic E-state index is 11.1. The Morgan fingerprint density at radius 1 is 1.03 bits per heavy atom. The van der Waals surface area contributed by atoms with Crippen LogP contribution in [0.3, 0.4) is 0 Å². The number of imidazole rings is 1. The van der Waals surface area contributed by atoms with Crippen LogP contribution in [0.25, 0.3) is 22.3 Å². The fraction of sp³-hybridized carbons (Fsp3) is 0.333. The van der Waals surface area contributed by atoms with Gasteiger partial charge < -0.3 is 20.7 Å². The second-order valence-corrected chi connectivity index (χ2v) is 9.08. The lowest BCUT2D eigenvalue weighted by atomic mass is 10.0. The number of aromatic carboxylic acids is 1. The molecule has 0 aliphatic heterocycles. The van der Waals surface area contributed by atoms with Crippen LogP contribution in [0.15, 0.2) is 54.9 Å². The van der Waals surface area contributed by atoms with Gasteiger partial charge in [0.05, 0.1) is 11.9 Å². The van der Waals surface area contributed by atoms with Crippen LogP contribution < -0.4 is 11.1 Å². The molecule has 0 bridgehead atoms. The molecule has 35 heavy (non-hydrogen) atoms. The number of anilines is 1. The van der Waals surface area contributed by atoms with Crippen molar-refractivity contribution < 1.29 is 9.90 Å². The summed E-state index contributed by atoms with van der Waals surface area (Å²) in [5, 5.41) is 12.6. The van der Waals surface area contributed by atoms with E-state index in [0.29, 0.717) is 19.1 Å². The highest BCUT2D eigenvalue weighted by Crippen LogP contribution is 2.33. The summed E-state index contributed by atoms with van der Waals surface area (Å²) in [6.07, 6.45) is 8.34. The summed E-state index contributed by atoms with van der Waals surface area (Å²) in [5.74, 6) is 0.633. The van der Waals surface area contributed by atoms with E-state index in [1.807, 2.05) is 30.6 Å². The molecule has 4 N–H and O–H groups in total. The number of nitrogens with two attached hydrogens (primary N) is 1. The summed E-state index contributed by atoms with van der Waals surface area (Å²) in [4.78, 5) is 25.4. The first-order valence-electron chi connectivity index (χ1n) is 12.2. The zero-order valence-corrected chi connectivity index (χ0v) is 19.7. The van der Waals surface area contributed by atoms with Crippen LogP contribution in [0.2, 0.25) is 0 Å². The average molecular weight is 471 g/mol. The lowest BCUT2D eigenvalue weighted by Gasteiger charge is -2.13. The molecule has 0 unspecified atom stereocenters. The summed E-state index contributed by atoms with van der Waals surface area (Å²) >= 11 is 0. The summed E-state index contributed by atoms with van der Waals surface area (Å²) in [6.45, 7) is 1.22. The van der Waals surface area contributed by atoms with Gasteiger partial charge in [0, 0.05) is 19.0 Å². The Balaban J connectivity index is 1.35. The molecule has 0 atom stereocenters. The van der Waals surface area contributed by atoms with Crippen LogP contribution in [0, 0.1) is 0 Å². The van der Waals surface area contributed by atoms with Crippen LogP contribution in [-0.2, 0) is 13.0 Å². The average Bonchev–Trinajstić information content (AvgIpc) is 3.56. The third kappa shape index (κ3) is 5.02. The Bertz CT molecular complexity index is 1310. The van der Waals surface area contributed by atoms with Crippen LogP contribution in [-0.4, -0.2) is 37.1 Å². The molecule has 0 amide bonds. The summed E-state index contributed by atoms with van der Waals surface area (Å²) in [5.41, 5.74) is 10.9. The van der Waals surface area contributed by atoms with Gasteiger partial charge in [-0.05, 0) is 54.6 Å². The second kappa shape index (κ2) is 10.2. The fourth-order valence-electron chi connectivity index (χ4n) is 4.71. The SMILES string of the molecule is NCCCc1nc(NCc2ccc(-c3ccc(C(=O)O)cc3)cc2)c2ncn(C3CCCC3)c2n1. The van der Waals surface area contributed by atoms with Gasteiger partial charge in [-0.2, -0.15) is 0 Å². The van der Waals surface area contributed by atoms with Gasteiger partial charge in [0.1, 0.15) is 11.3 Å². The van der Waals surface area contributed by atoms with E-state index in [4.69, 9.17) is 20.8 Å². The quantitative estimate of drug-likeness (QED) is 0.321. The van der Waals surface area contributed by atoms with E-state index in [0.717, 1.165) is 52.3 Å². The monoisotopic (exact) mass is 470 g/mol. The highest BCUT2D eigenvalue weighted by Gasteiger charge is 2.21. The van der Waals surface area contributed by atoms with E-state index in [9.17, 15) is 4.79 Å². The number of aryl methyl sites for hydroxylation is 1. The second-order valence-electron chi connectivity index (χ2n) is 9.08. The van der Waals surface area contributed by atoms with E-state index in [1.54, 1.807) is 12.1 Å². The van der Waals surface area contributed by atoms with Gasteiger partial charge in [-0.15, -0.1) is 0 Å². The molecule has 1 aliphatic carbocycles. The smallest absolute Gasteiger partial charge is 0.335 e. The number of carboxylic acid groups (broad SMARTS) is 1. The summed E-state index contributed by atoms with van der Waals surface area (Å²) < 4.78 is 2.23. The van der Waals surface area contributed by atoms with Crippen molar-refractivity contribution in [3.05, 3.63) is 71.8 Å². The van der Waals surface area contributed by atoms with Crippen LogP contribution in [0.1, 0.15) is 59.9 Å². The van der Waals surface area contributed by atoms with Crippen LogP contribution in [0.4, 0.5) is 5.82 Å². The van der Waals surface area contributed by atoms with Gasteiger partial charge in [-0.3, -0.25) is 0 Å². The Morgan fingerprint density at radius 3 is 2.37 bits per heavy atom. The minimum absolute atomic E-state index is 0.284. The largest absolute Gasteiger partial charge is 0.478 e. The molecular weight excluding hydrogens is 440 g/mol. The molecule has 4 aromatic rings. The first-order valence-corrected chi connectivity index (χ1v) is 12.2. The van der Waals surface area contributed by atoms with Crippen molar-refractivity contribution >= 4 is 23.0 Å². The molecule has 1 aliphatic rings. The fourth-order valence-corrected chi connectivity index (χ4v) is 4.71. The van der Waals surface area contributed by atoms with Crippen molar-refractivity contribution in [2.45, 2.75) is 51.1 Å². The molecular formula is C27H30N6O2. The molecule has 8 nitrogen and oxygen atoms in total. The first-order chi connectivity index (χ1) is 17.1. The molecule has 0 radical (unpaired) electrons. The Hall–Kier alpha value is -3.78. The number of nitrogens with one attached hydrogen (secondary N) is 1. The topological polar surface area (TPSA) is 119 Å². The molecule has 0 saturated heterocycles. The maximum atomic E-state index is 11.1. The third-order valence-electron chi connectivity index (χ3n) is 6.67. The van der Waals surface area contributed by atoms with E-state index in [2.05, 4.69) is 27.0 Å². The van der Waals surface area contributed by atoms with Crippen molar-refractivity contribution in [3.63, 3.8) is 0 Å². The van der Waals surface area contributed by atoms with Gasteiger partial charge in [0.2, 0.25) is 0 Å². The van der Waals surface area contributed by atoms with Gasteiger partial charge in [-0.1, -0.05) is 49.2 Å². The number of carboxylic acids is 1. The number of hydrogen-bond acceptors (Lipinski definition) is 6. The van der Waals surface area contributed by atoms with E-state index in [1.165, 1.54) is 25.7 Å². The highest BCUT2D eigenvalue weighted by molar-refractivity contribution is 5.88. The summed E-state index contributed by atoms with van der Waals surface area (Å²) in [7, 11) is 0. The van der Waals surface area contributed by atoms with Crippen molar-refractivity contribution in [2.75, 3.05) is 11.9 Å². The van der Waals surface area contributed by atoms with Gasteiger partial charge in [0.25, 0.3) is 0 Å². The number of benzene rings is 2. The predicted octanol–water partition coefficient (Wildman–Crippen LogP) is 4.81. The number of rotatable bonds is 9. The Labute approximate surface area is 204 Å². The van der Waals surface area contributed by atoms with Crippen molar-refractivity contribution in [3.8, 4) is 11.1 Å². The zero-order chi connectivity index (χ0) is 24.2. The maximum Gasteiger partial charge on any atom is 0.335 e. The first kappa shape index (κ1) is 23.0. The molecule has 0 spiro atoms. The molecule has 8 heteroatoms. The number of hydrogen-bond donors (Lipinski definition) is 3. The lowest BCUT2D eigenvalue weighted by Crippen LogP contribution is -2.10. The number of fused-ring (bicyclic) bond motifs is 1. The molecule has 2 aromatic heterocycles. The van der Waals surface area contributed by atoms with Gasteiger partial charge in [0.15, 0.2) is 11.5 Å². The van der Waals surface area contributed by atoms with Crippen molar-refractivity contribution in [1.82, 2.24) is 19.5 Å². The lowest BCUT2D eigenvalue weighted by molar-refractivity contribution is 0.0697. The highest BCUT2D eigenvalue weighted by atomic mass is 16.4. The van der Waals surface area contributed by atoms with E-state index in [-0.39, 0.29) is 5.56 Å². The molecule has 180 valence electrons. The van der Waals surface area contributed by atoms with Crippen LogP contribution >= 0.6 is 0 Å². The minimum Gasteiger partial charge on any atom is -0.478 e. The number of aromatic nitrogens is 4. The molecule has 2 aromatic carbocycles.